The Morgan fingerprint density at radius 3 is 2.40 bits per heavy atom. The van der Waals surface area contributed by atoms with Gasteiger partial charge in [0.1, 0.15) is 0 Å². The van der Waals surface area contributed by atoms with Crippen molar-refractivity contribution in [2.45, 2.75) is 4.90 Å². The third-order valence-electron chi connectivity index (χ3n) is 1.28. The maximum absolute atomic E-state index is 5.03. The van der Waals surface area contributed by atoms with Crippen molar-refractivity contribution < 1.29 is 4.28 Å². The Morgan fingerprint density at radius 2 is 1.90 bits per heavy atom. The van der Waals surface area contributed by atoms with Crippen LogP contribution in [0.4, 0.5) is 0 Å². The van der Waals surface area contributed by atoms with Crippen LogP contribution in [0.1, 0.15) is 0 Å². The summed E-state index contributed by atoms with van der Waals surface area (Å²) >= 11 is 3.45. The third-order valence-corrected chi connectivity index (χ3v) is 4.53. The highest BCUT2D eigenvalue weighted by Crippen LogP contribution is 2.69. The van der Waals surface area contributed by atoms with Crippen LogP contribution in [0.2, 0.25) is 0 Å². The van der Waals surface area contributed by atoms with Crippen LogP contribution < -0.4 is 4.89 Å². The molecule has 0 bridgehead atoms. The summed E-state index contributed by atoms with van der Waals surface area (Å²) < 4.78 is 5.03. The molecule has 1 atom stereocenters. The number of benzene rings is 1. The molecule has 1 aliphatic rings. The van der Waals surface area contributed by atoms with E-state index in [2.05, 4.69) is 19.7 Å². The summed E-state index contributed by atoms with van der Waals surface area (Å²) in [5.74, 6) is 0. The molecule has 54 valence electrons. The topological polar surface area (TPSA) is 34.5 Å². The highest BCUT2D eigenvalue weighted by Gasteiger charge is 2.38. The maximum atomic E-state index is 5.03. The Morgan fingerprint density at radius 1 is 1.30 bits per heavy atom. The summed E-state index contributed by atoms with van der Waals surface area (Å²) in [5.41, 5.74) is 0. The quantitative estimate of drug-likeness (QED) is 0.738. The maximum Gasteiger partial charge on any atom is 0.0523 e. The molecule has 0 spiro atoms. The molecule has 1 heterocycles. The van der Waals surface area contributed by atoms with Crippen molar-refractivity contribution in [3.05, 3.63) is 30.3 Å². The van der Waals surface area contributed by atoms with Gasteiger partial charge in [0.15, 0.2) is 0 Å². The average Bonchev–Trinajstić information content (AvgIpc) is 2.72. The first-order chi connectivity index (χ1) is 4.81. The van der Waals surface area contributed by atoms with Crippen molar-refractivity contribution in [3.8, 4) is 0 Å². The lowest BCUT2D eigenvalue weighted by Gasteiger charge is -2.02. The molecule has 4 heteroatoms. The molecular formula is C6H6BrNOS. The monoisotopic (exact) mass is 219 g/mol. The predicted octanol–water partition coefficient (Wildman–Crippen LogP) is 2.52. The molecule has 0 aliphatic carbocycles. The first kappa shape index (κ1) is 6.67. The summed E-state index contributed by atoms with van der Waals surface area (Å²) in [5, 5.41) is 0. The first-order valence-electron chi connectivity index (χ1n) is 2.84. The number of hydrogen-bond acceptors (Lipinski definition) is 2. The summed E-state index contributed by atoms with van der Waals surface area (Å²) in [6.45, 7) is 0. The van der Waals surface area contributed by atoms with Crippen LogP contribution in [0.5, 0.6) is 0 Å². The van der Waals surface area contributed by atoms with Gasteiger partial charge in [-0.1, -0.05) is 18.2 Å². The second-order valence-corrected chi connectivity index (χ2v) is 6.48. The molecule has 1 saturated heterocycles. The van der Waals surface area contributed by atoms with Gasteiger partial charge in [0.25, 0.3) is 0 Å². The van der Waals surface area contributed by atoms with E-state index in [4.69, 9.17) is 4.28 Å². The highest BCUT2D eigenvalue weighted by molar-refractivity contribution is 9.57. The molecular weight excluding hydrogens is 214 g/mol. The first-order valence-corrected chi connectivity index (χ1v) is 6.24. The van der Waals surface area contributed by atoms with Crippen LogP contribution in [0, 0.1) is 0 Å². The molecule has 10 heavy (non-hydrogen) atoms. The van der Waals surface area contributed by atoms with Gasteiger partial charge in [-0.25, -0.2) is 4.28 Å². The molecule has 0 amide bonds. The molecule has 1 aromatic carbocycles. The molecule has 0 radical (unpaired) electrons. The number of nitrogens with one attached hydrogen (secondary N) is 1. The fourth-order valence-corrected chi connectivity index (χ4v) is 2.79. The van der Waals surface area contributed by atoms with E-state index < -0.39 is 8.93 Å². The minimum absolute atomic E-state index is 1.18. The van der Waals surface area contributed by atoms with E-state index in [1.54, 1.807) is 0 Å². The second kappa shape index (κ2) is 2.23. The molecule has 2 rings (SSSR count). The Kier molecular flexibility index (Phi) is 1.49. The van der Waals surface area contributed by atoms with Crippen LogP contribution in [-0.2, 0) is 4.28 Å². The van der Waals surface area contributed by atoms with Gasteiger partial charge < -0.3 is 0 Å². The normalized spacial score (nSPS) is 36.5. The summed E-state index contributed by atoms with van der Waals surface area (Å²) in [4.78, 5) is 4.00. The van der Waals surface area contributed by atoms with Gasteiger partial charge in [0, 0.05) is 19.7 Å². The lowest BCUT2D eigenvalue weighted by molar-refractivity contribution is 0.469. The van der Waals surface area contributed by atoms with Gasteiger partial charge in [-0.05, 0) is 12.1 Å². The van der Waals surface area contributed by atoms with Crippen LogP contribution in [0.3, 0.4) is 0 Å². The third kappa shape index (κ3) is 1.08. The molecule has 1 N–H and O–H groups in total. The minimum atomic E-state index is -1.19. The number of hydrogen-bond donors (Lipinski definition) is 1. The van der Waals surface area contributed by atoms with Crippen molar-refractivity contribution in [2.24, 2.45) is 0 Å². The Labute approximate surface area is 68.4 Å². The molecule has 1 aliphatic heterocycles. The van der Waals surface area contributed by atoms with E-state index in [0.717, 1.165) is 0 Å². The average molecular weight is 220 g/mol. The molecule has 1 unspecified atom stereocenters. The fraction of sp³-hybridized carbons (Fsp3) is 0. The zero-order valence-corrected chi connectivity index (χ0v) is 7.48. The van der Waals surface area contributed by atoms with E-state index in [0.29, 0.717) is 0 Å². The molecule has 0 saturated carbocycles. The van der Waals surface area contributed by atoms with E-state index in [1.165, 1.54) is 4.90 Å². The Bertz CT molecular complexity index is 237. The van der Waals surface area contributed by atoms with Gasteiger partial charge in [-0.15, -0.1) is 4.89 Å². The summed E-state index contributed by atoms with van der Waals surface area (Å²) in [7, 11) is -1.19. The Balaban J connectivity index is 2.35. The number of rotatable bonds is 1. The van der Waals surface area contributed by atoms with Crippen molar-refractivity contribution in [3.63, 3.8) is 0 Å². The Hall–Kier alpha value is -0.0300. The molecule has 1 aromatic rings. The van der Waals surface area contributed by atoms with E-state index >= 15 is 0 Å². The van der Waals surface area contributed by atoms with Gasteiger partial charge in [0.2, 0.25) is 0 Å². The molecule has 1 fully saturated rings. The standard InChI is InChI=1S/C6H6BrNOS/c7-10(8-9-10)6-4-2-1-3-5-6/h1-5,8H. The van der Waals surface area contributed by atoms with E-state index in [1.807, 2.05) is 30.3 Å². The second-order valence-electron chi connectivity index (χ2n) is 1.97. The highest BCUT2D eigenvalue weighted by atomic mass is 79.9. The van der Waals surface area contributed by atoms with Crippen LogP contribution in [0.25, 0.3) is 0 Å². The van der Waals surface area contributed by atoms with Crippen molar-refractivity contribution in [1.82, 2.24) is 4.89 Å². The van der Waals surface area contributed by atoms with Gasteiger partial charge in [-0.2, -0.15) is 0 Å². The lowest BCUT2D eigenvalue weighted by atomic mass is 10.4. The van der Waals surface area contributed by atoms with Crippen LogP contribution in [0.15, 0.2) is 35.2 Å². The van der Waals surface area contributed by atoms with E-state index in [-0.39, 0.29) is 0 Å². The predicted molar refractivity (Wildman–Crippen MR) is 45.4 cm³/mol. The molecule has 0 aromatic heterocycles. The number of halogens is 1. The fourth-order valence-electron chi connectivity index (χ4n) is 0.722. The largest absolute Gasteiger partial charge is 0.211 e. The SMILES string of the molecule is BrS1(c2ccccc2)NO1. The smallest absolute Gasteiger partial charge is 0.0523 e. The van der Waals surface area contributed by atoms with Crippen LogP contribution >= 0.6 is 23.7 Å². The van der Waals surface area contributed by atoms with Crippen molar-refractivity contribution in [2.75, 3.05) is 0 Å². The lowest BCUT2D eigenvalue weighted by Crippen LogP contribution is -1.75. The van der Waals surface area contributed by atoms with Crippen LogP contribution in [-0.4, -0.2) is 0 Å². The van der Waals surface area contributed by atoms with Gasteiger partial charge in [-0.3, -0.25) is 0 Å². The van der Waals surface area contributed by atoms with Crippen molar-refractivity contribution >= 4 is 23.7 Å². The molecule has 2 nitrogen and oxygen atoms in total. The van der Waals surface area contributed by atoms with Crippen molar-refractivity contribution in [1.29, 1.82) is 0 Å². The van der Waals surface area contributed by atoms with Gasteiger partial charge >= 0.3 is 0 Å². The zero-order valence-electron chi connectivity index (χ0n) is 5.08. The van der Waals surface area contributed by atoms with Gasteiger partial charge in [0.05, 0.1) is 8.93 Å². The summed E-state index contributed by atoms with van der Waals surface area (Å²) in [6.07, 6.45) is 0. The summed E-state index contributed by atoms with van der Waals surface area (Å²) in [6, 6.07) is 10.0. The minimum Gasteiger partial charge on any atom is -0.211 e. The zero-order chi connectivity index (χ0) is 7.03. The van der Waals surface area contributed by atoms with E-state index in [9.17, 15) is 0 Å².